The predicted octanol–water partition coefficient (Wildman–Crippen LogP) is 3.04. The molecule has 0 N–H and O–H groups in total. The first kappa shape index (κ1) is 29.4. The molecule has 9 atom stereocenters. The molecule has 6 aliphatic carbocycles. The van der Waals surface area contributed by atoms with Crippen LogP contribution in [-0.2, 0) is 24.7 Å². The smallest absolute Gasteiger partial charge is 1.00 e. The molecule has 0 saturated heterocycles. The molecule has 6 aliphatic rings. The predicted molar refractivity (Wildman–Crippen MR) is 144 cm³/mol. The van der Waals surface area contributed by atoms with E-state index in [1.807, 2.05) is 0 Å². The van der Waals surface area contributed by atoms with Crippen LogP contribution >= 0.6 is 0 Å². The third-order valence-electron chi connectivity index (χ3n) is 13.8. The summed E-state index contributed by atoms with van der Waals surface area (Å²) in [5.74, 6) is 0.549. The fourth-order valence-corrected chi connectivity index (χ4v) is 13.4. The standard InChI is InChI=1S/C34H41.2ClH.Zr/c1-24-27(25-15-9-10-16-25)18-17-26-23-32(6)30(4)21-12-11-19-28(30,2)29(3)20-13-14-22-31(29,5)34(32,8)33(24,26)7;;;/h9-15,17-23,26H,16H2,1-8H3;2*1H;/q;;;+2/p-2. The zero-order valence-corrected chi connectivity index (χ0v) is 27.6. The van der Waals surface area contributed by atoms with Gasteiger partial charge < -0.3 is 24.8 Å². The molecular weight excluding hydrogens is 571 g/mol. The molecule has 195 valence electrons. The molecule has 0 aliphatic heterocycles. The van der Waals surface area contributed by atoms with E-state index in [-0.39, 0.29) is 62.7 Å². The molecule has 9 unspecified atom stereocenters. The van der Waals surface area contributed by atoms with E-state index >= 15 is 0 Å². The van der Waals surface area contributed by atoms with Crippen molar-refractivity contribution in [2.45, 2.75) is 65.4 Å². The maximum Gasteiger partial charge on any atom is -1.00 e. The zero-order chi connectivity index (χ0) is 25.3. The van der Waals surface area contributed by atoms with Crippen LogP contribution in [0.2, 0.25) is 3.63 Å². The van der Waals surface area contributed by atoms with Gasteiger partial charge in [0.15, 0.2) is 0 Å². The van der Waals surface area contributed by atoms with Gasteiger partial charge in [0.1, 0.15) is 0 Å². The maximum atomic E-state index is 2.71. The molecule has 0 aromatic rings. The maximum absolute atomic E-state index is 2.71. The number of halogens is 2. The van der Waals surface area contributed by atoms with Crippen molar-refractivity contribution in [3.8, 4) is 0 Å². The molecule has 0 spiro atoms. The topological polar surface area (TPSA) is 0 Å². The van der Waals surface area contributed by atoms with Gasteiger partial charge in [0, 0.05) is 0 Å². The third-order valence-corrected chi connectivity index (χ3v) is 16.1. The van der Waals surface area contributed by atoms with Crippen LogP contribution in [0.25, 0.3) is 0 Å². The van der Waals surface area contributed by atoms with Crippen LogP contribution in [0.1, 0.15) is 61.8 Å². The van der Waals surface area contributed by atoms with Crippen LogP contribution in [0.4, 0.5) is 0 Å². The van der Waals surface area contributed by atoms with Crippen molar-refractivity contribution in [3.63, 3.8) is 0 Å². The van der Waals surface area contributed by atoms with E-state index in [4.69, 9.17) is 0 Å². The van der Waals surface area contributed by atoms with Crippen molar-refractivity contribution in [3.05, 3.63) is 95.7 Å². The van der Waals surface area contributed by atoms with E-state index in [9.17, 15) is 0 Å². The Morgan fingerprint density at radius 1 is 0.730 bits per heavy atom. The number of fused-ring (bicyclic) bond motifs is 8. The van der Waals surface area contributed by atoms with Gasteiger partial charge in [-0.15, -0.1) is 0 Å². The van der Waals surface area contributed by atoms with Gasteiger partial charge in [-0.3, -0.25) is 0 Å². The van der Waals surface area contributed by atoms with Crippen molar-refractivity contribution < 1.29 is 49.5 Å². The van der Waals surface area contributed by atoms with E-state index in [0.717, 1.165) is 6.42 Å². The second-order valence-corrected chi connectivity index (χ2v) is 15.0. The number of hydrogen-bond acceptors (Lipinski definition) is 0. The van der Waals surface area contributed by atoms with E-state index < -0.39 is 0 Å². The molecule has 0 aromatic carbocycles. The largest absolute Gasteiger partial charge is 1.00 e. The molecular formula is C34H41Cl2Zr. The van der Waals surface area contributed by atoms with Crippen LogP contribution in [0.15, 0.2) is 95.7 Å². The monoisotopic (exact) mass is 609 g/mol. The molecule has 3 heteroatoms. The average molecular weight is 612 g/mol. The van der Waals surface area contributed by atoms with Gasteiger partial charge in [0.2, 0.25) is 0 Å². The first-order valence-corrected chi connectivity index (χ1v) is 14.9. The van der Waals surface area contributed by atoms with Gasteiger partial charge in [-0.2, -0.15) is 0 Å². The van der Waals surface area contributed by atoms with E-state index in [1.165, 1.54) is 11.1 Å². The normalized spacial score (nSPS) is 52.1. The number of allylic oxidation sites excluding steroid dienone is 16. The Morgan fingerprint density at radius 3 is 1.78 bits per heavy atom. The quantitative estimate of drug-likeness (QED) is 0.428. The van der Waals surface area contributed by atoms with Gasteiger partial charge in [-0.05, 0) is 0 Å². The van der Waals surface area contributed by atoms with Gasteiger partial charge in [-0.1, -0.05) is 0 Å². The minimum Gasteiger partial charge on any atom is -1.00 e. The Labute approximate surface area is 253 Å². The minimum atomic E-state index is -0.0114. The summed E-state index contributed by atoms with van der Waals surface area (Å²) in [5, 5.41) is 0. The molecule has 0 nitrogen and oxygen atoms in total. The number of rotatable bonds is 1. The fraction of sp³-hybridized carbons (Fsp3) is 0.529. The molecule has 37 heavy (non-hydrogen) atoms. The van der Waals surface area contributed by atoms with Gasteiger partial charge >= 0.3 is 230 Å². The summed E-state index contributed by atoms with van der Waals surface area (Å²) in [6, 6.07) is 0. The second kappa shape index (κ2) is 8.44. The molecule has 2 fully saturated rings. The minimum absolute atomic E-state index is 0. The molecule has 0 amide bonds. The van der Waals surface area contributed by atoms with Crippen LogP contribution < -0.4 is 24.8 Å². The zero-order valence-electron chi connectivity index (χ0n) is 23.6. The average Bonchev–Trinajstić information content (AvgIpc) is 3.40. The van der Waals surface area contributed by atoms with Crippen molar-refractivity contribution in [1.82, 2.24) is 0 Å². The Bertz CT molecular complexity index is 1280. The third kappa shape index (κ3) is 2.63. The summed E-state index contributed by atoms with van der Waals surface area (Å²) in [6.07, 6.45) is 32.9. The fourth-order valence-electron chi connectivity index (χ4n) is 10.8. The van der Waals surface area contributed by atoms with Crippen LogP contribution in [0.5, 0.6) is 0 Å². The van der Waals surface area contributed by atoms with Crippen LogP contribution in [0.3, 0.4) is 0 Å². The summed E-state index contributed by atoms with van der Waals surface area (Å²) < 4.78 is 0.634. The Morgan fingerprint density at radius 2 is 1.24 bits per heavy atom. The molecule has 0 heterocycles. The van der Waals surface area contributed by atoms with Crippen LogP contribution in [0, 0.1) is 43.8 Å². The molecule has 0 aromatic heterocycles. The molecule has 6 rings (SSSR count). The summed E-state index contributed by atoms with van der Waals surface area (Å²) in [5.41, 5.74) is 4.86. The Hall–Kier alpha value is -0.617. The first-order valence-electron chi connectivity index (χ1n) is 13.5. The SMILES string of the molecule is CC1=C(C2=CC=CC2)C=CC2[CH]([Zr+2])C3(C)C4(C)C=CC=CC4(C)C4(C)C=CC=CC4(C)C3(C)C12C.[Cl-].[Cl-]. The first-order chi connectivity index (χ1) is 16.3. The van der Waals surface area contributed by atoms with Gasteiger partial charge in [0.25, 0.3) is 0 Å². The van der Waals surface area contributed by atoms with Gasteiger partial charge in [-0.25, -0.2) is 0 Å². The molecule has 0 bridgehead atoms. The van der Waals surface area contributed by atoms with E-state index in [0.29, 0.717) is 9.54 Å². The Balaban J connectivity index is 0.00000160. The number of hydrogen-bond donors (Lipinski definition) is 0. The second-order valence-electron chi connectivity index (χ2n) is 13.5. The van der Waals surface area contributed by atoms with E-state index in [1.54, 1.807) is 30.3 Å². The van der Waals surface area contributed by atoms with Gasteiger partial charge in [0.05, 0.1) is 0 Å². The van der Waals surface area contributed by atoms with Crippen LogP contribution in [-0.4, -0.2) is 0 Å². The van der Waals surface area contributed by atoms with E-state index in [2.05, 4.69) is 134 Å². The van der Waals surface area contributed by atoms with Crippen molar-refractivity contribution in [2.75, 3.05) is 0 Å². The molecule has 2 saturated carbocycles. The Kier molecular flexibility index (Phi) is 6.70. The summed E-state index contributed by atoms with van der Waals surface area (Å²) in [7, 11) is 0. The summed E-state index contributed by atoms with van der Waals surface area (Å²) >= 11 is 1.68. The van der Waals surface area contributed by atoms with Crippen molar-refractivity contribution >= 4 is 0 Å². The van der Waals surface area contributed by atoms with Crippen molar-refractivity contribution in [1.29, 1.82) is 0 Å². The molecule has 0 radical (unpaired) electrons. The summed E-state index contributed by atoms with van der Waals surface area (Å²) in [6.45, 7) is 21.0. The van der Waals surface area contributed by atoms with Crippen molar-refractivity contribution in [2.24, 2.45) is 43.8 Å². The summed E-state index contributed by atoms with van der Waals surface area (Å²) in [4.78, 5) is 0.